The second-order valence-electron chi connectivity index (χ2n) is 5.51. The van der Waals surface area contributed by atoms with Gasteiger partial charge in [0.15, 0.2) is 11.6 Å². The molecule has 1 saturated heterocycles. The quantitative estimate of drug-likeness (QED) is 0.926. The van der Waals surface area contributed by atoms with Crippen molar-refractivity contribution in [2.24, 2.45) is 0 Å². The fraction of sp³-hybridized carbons (Fsp3) is 0.533. The molecule has 1 aromatic carbocycles. The van der Waals surface area contributed by atoms with Gasteiger partial charge in [-0.2, -0.15) is 5.26 Å². The molecule has 6 heteroatoms. The molecule has 1 heterocycles. The zero-order valence-corrected chi connectivity index (χ0v) is 12.2. The number of ether oxygens (including phenoxy) is 1. The van der Waals surface area contributed by atoms with Crippen LogP contribution >= 0.6 is 0 Å². The second kappa shape index (κ2) is 6.37. The Balaban J connectivity index is 2.17. The van der Waals surface area contributed by atoms with E-state index in [4.69, 9.17) is 10.00 Å². The van der Waals surface area contributed by atoms with Crippen molar-refractivity contribution in [3.63, 3.8) is 0 Å². The zero-order valence-electron chi connectivity index (χ0n) is 12.2. The fourth-order valence-electron chi connectivity index (χ4n) is 2.59. The number of likely N-dealkylation sites (N-methyl/N-ethyl adjacent to an activating group) is 1. The van der Waals surface area contributed by atoms with E-state index in [0.29, 0.717) is 19.8 Å². The number of hydrogen-bond donors (Lipinski definition) is 1. The molecule has 1 aliphatic rings. The first-order valence-electron chi connectivity index (χ1n) is 6.87. The first kappa shape index (κ1) is 15.7. The summed E-state index contributed by atoms with van der Waals surface area (Å²) in [6.07, 6.45) is 1.60. The van der Waals surface area contributed by atoms with Gasteiger partial charge in [0.05, 0.1) is 11.6 Å². The van der Waals surface area contributed by atoms with E-state index in [1.807, 2.05) is 14.1 Å². The molecule has 0 unspecified atom stereocenters. The van der Waals surface area contributed by atoms with Gasteiger partial charge >= 0.3 is 0 Å². The van der Waals surface area contributed by atoms with Crippen LogP contribution in [0, 0.1) is 23.0 Å². The van der Waals surface area contributed by atoms with Crippen LogP contribution in [-0.4, -0.2) is 44.3 Å². The number of rotatable bonds is 4. The van der Waals surface area contributed by atoms with Crippen molar-refractivity contribution in [1.29, 1.82) is 5.26 Å². The van der Waals surface area contributed by atoms with Gasteiger partial charge in [-0.1, -0.05) is 0 Å². The molecule has 0 aromatic heterocycles. The third kappa shape index (κ3) is 3.31. The maximum absolute atomic E-state index is 13.9. The van der Waals surface area contributed by atoms with Crippen molar-refractivity contribution in [1.82, 2.24) is 4.90 Å². The Morgan fingerprint density at radius 2 is 1.86 bits per heavy atom. The number of benzene rings is 1. The molecule has 1 aliphatic heterocycles. The summed E-state index contributed by atoms with van der Waals surface area (Å²) in [4.78, 5) is 2.07. The van der Waals surface area contributed by atoms with Crippen molar-refractivity contribution in [2.45, 2.75) is 18.4 Å². The Morgan fingerprint density at radius 1 is 1.29 bits per heavy atom. The summed E-state index contributed by atoms with van der Waals surface area (Å²) in [6, 6.07) is 3.81. The normalized spacial score (nSPS) is 17.5. The first-order valence-corrected chi connectivity index (χ1v) is 6.87. The van der Waals surface area contributed by atoms with Crippen LogP contribution in [0.3, 0.4) is 0 Å². The van der Waals surface area contributed by atoms with Crippen molar-refractivity contribution >= 4 is 5.69 Å². The SMILES string of the molecule is CN(C)C1(CNc2c(F)cc(C#N)cc2F)CCOCC1. The summed E-state index contributed by atoms with van der Waals surface area (Å²) >= 11 is 0. The van der Waals surface area contributed by atoms with Crippen molar-refractivity contribution in [3.05, 3.63) is 29.3 Å². The molecule has 1 N–H and O–H groups in total. The summed E-state index contributed by atoms with van der Waals surface area (Å²) in [7, 11) is 3.91. The predicted molar refractivity (Wildman–Crippen MR) is 76.0 cm³/mol. The van der Waals surface area contributed by atoms with E-state index in [1.54, 1.807) is 6.07 Å². The molecule has 0 radical (unpaired) electrons. The number of halogens is 2. The Bertz CT molecular complexity index is 525. The van der Waals surface area contributed by atoms with Gasteiger partial charge in [-0.05, 0) is 39.1 Å². The lowest BCUT2D eigenvalue weighted by molar-refractivity contribution is -0.000679. The van der Waals surface area contributed by atoms with Crippen LogP contribution in [-0.2, 0) is 4.74 Å². The highest BCUT2D eigenvalue weighted by atomic mass is 19.1. The minimum Gasteiger partial charge on any atom is -0.381 e. The highest BCUT2D eigenvalue weighted by Crippen LogP contribution is 2.28. The van der Waals surface area contributed by atoms with Crippen LogP contribution in [0.5, 0.6) is 0 Å². The second-order valence-corrected chi connectivity index (χ2v) is 5.51. The summed E-state index contributed by atoms with van der Waals surface area (Å²) in [5, 5.41) is 11.6. The number of hydrogen-bond acceptors (Lipinski definition) is 4. The molecule has 0 spiro atoms. The van der Waals surface area contributed by atoms with Gasteiger partial charge in [-0.15, -0.1) is 0 Å². The molecule has 0 amide bonds. The van der Waals surface area contributed by atoms with Crippen molar-refractivity contribution in [3.8, 4) is 6.07 Å². The Kier molecular flexibility index (Phi) is 4.76. The summed E-state index contributed by atoms with van der Waals surface area (Å²) in [5.41, 5.74) is -0.393. The zero-order chi connectivity index (χ0) is 15.5. The smallest absolute Gasteiger partial charge is 0.150 e. The van der Waals surface area contributed by atoms with Crippen LogP contribution in [0.2, 0.25) is 0 Å². The summed E-state index contributed by atoms with van der Waals surface area (Å²) in [6.45, 7) is 1.69. The first-order chi connectivity index (χ1) is 9.98. The minimum atomic E-state index is -0.743. The maximum Gasteiger partial charge on any atom is 0.150 e. The molecular weight excluding hydrogens is 276 g/mol. The Morgan fingerprint density at radius 3 is 2.33 bits per heavy atom. The van der Waals surface area contributed by atoms with Crippen LogP contribution in [0.25, 0.3) is 0 Å². The molecule has 4 nitrogen and oxygen atoms in total. The monoisotopic (exact) mass is 295 g/mol. The molecule has 1 aromatic rings. The van der Waals surface area contributed by atoms with Crippen LogP contribution in [0.15, 0.2) is 12.1 Å². The minimum absolute atomic E-state index is 0.0241. The largest absolute Gasteiger partial charge is 0.381 e. The molecule has 0 saturated carbocycles. The third-order valence-electron chi connectivity index (χ3n) is 4.14. The average Bonchev–Trinajstić information content (AvgIpc) is 2.47. The molecular formula is C15H19F2N3O. The number of nitrogens with zero attached hydrogens (tertiary/aromatic N) is 2. The van der Waals surface area contributed by atoms with Crippen LogP contribution < -0.4 is 5.32 Å². The van der Waals surface area contributed by atoms with Gasteiger partial charge in [0, 0.05) is 25.3 Å². The Labute approximate surface area is 123 Å². The van der Waals surface area contributed by atoms with E-state index < -0.39 is 11.6 Å². The molecule has 21 heavy (non-hydrogen) atoms. The van der Waals surface area contributed by atoms with Gasteiger partial charge in [0.25, 0.3) is 0 Å². The lowest BCUT2D eigenvalue weighted by Gasteiger charge is -2.43. The maximum atomic E-state index is 13.9. The van der Waals surface area contributed by atoms with E-state index in [1.165, 1.54) is 0 Å². The summed E-state index contributed by atoms with van der Waals surface area (Å²) < 4.78 is 33.1. The van der Waals surface area contributed by atoms with Crippen molar-refractivity contribution in [2.75, 3.05) is 39.2 Å². The van der Waals surface area contributed by atoms with E-state index in [0.717, 1.165) is 25.0 Å². The number of nitriles is 1. The lowest BCUT2D eigenvalue weighted by Crippen LogP contribution is -2.53. The van der Waals surface area contributed by atoms with Gasteiger partial charge < -0.3 is 15.0 Å². The van der Waals surface area contributed by atoms with Gasteiger partial charge in [-0.3, -0.25) is 0 Å². The molecule has 114 valence electrons. The molecule has 2 rings (SSSR count). The third-order valence-corrected chi connectivity index (χ3v) is 4.14. The average molecular weight is 295 g/mol. The van der Waals surface area contributed by atoms with Gasteiger partial charge in [-0.25, -0.2) is 8.78 Å². The standard InChI is InChI=1S/C15H19F2N3O/c1-20(2)15(3-5-21-6-4-15)10-19-14-12(16)7-11(9-18)8-13(14)17/h7-8,19H,3-6,10H2,1-2H3. The van der Waals surface area contributed by atoms with Gasteiger partial charge in [0.1, 0.15) is 5.69 Å². The highest BCUT2D eigenvalue weighted by molar-refractivity contribution is 5.50. The van der Waals surface area contributed by atoms with Crippen molar-refractivity contribution < 1.29 is 13.5 Å². The molecule has 0 atom stereocenters. The molecule has 0 aliphatic carbocycles. The van der Waals surface area contributed by atoms with Gasteiger partial charge in [0.2, 0.25) is 0 Å². The van der Waals surface area contributed by atoms with E-state index in [-0.39, 0.29) is 16.8 Å². The molecule has 1 fully saturated rings. The number of anilines is 1. The topological polar surface area (TPSA) is 48.3 Å². The lowest BCUT2D eigenvalue weighted by atomic mass is 9.88. The number of nitrogens with one attached hydrogen (secondary N) is 1. The van der Waals surface area contributed by atoms with Crippen LogP contribution in [0.4, 0.5) is 14.5 Å². The molecule has 0 bridgehead atoms. The van der Waals surface area contributed by atoms with E-state index in [2.05, 4.69) is 10.2 Å². The predicted octanol–water partition coefficient (Wildman–Crippen LogP) is 2.36. The highest BCUT2D eigenvalue weighted by Gasteiger charge is 2.35. The van der Waals surface area contributed by atoms with E-state index >= 15 is 0 Å². The Hall–Kier alpha value is -1.71. The van der Waals surface area contributed by atoms with E-state index in [9.17, 15) is 8.78 Å². The summed E-state index contributed by atoms with van der Waals surface area (Å²) in [5.74, 6) is -1.49. The fourth-order valence-corrected chi connectivity index (χ4v) is 2.59. The van der Waals surface area contributed by atoms with Crippen LogP contribution in [0.1, 0.15) is 18.4 Å².